The highest BCUT2D eigenvalue weighted by molar-refractivity contribution is 6.01. The fourth-order valence-corrected chi connectivity index (χ4v) is 5.01. The maximum absolute atomic E-state index is 13.6. The molecule has 1 aliphatic carbocycles. The number of nitro groups is 1. The average molecular weight is 454 g/mol. The molecule has 2 unspecified atom stereocenters. The molecule has 6 heteroatoms. The summed E-state index contributed by atoms with van der Waals surface area (Å²) in [4.78, 5) is 24.9. The molecule has 1 aliphatic heterocycles. The van der Waals surface area contributed by atoms with Gasteiger partial charge in [-0.3, -0.25) is 14.9 Å². The molecule has 2 aliphatic rings. The number of carbonyl (C=O) groups excluding carboxylic acids is 1. The van der Waals surface area contributed by atoms with Gasteiger partial charge in [-0.1, -0.05) is 55.5 Å². The number of para-hydroxylation sites is 2. The van der Waals surface area contributed by atoms with Crippen LogP contribution < -0.4 is 10.6 Å². The Morgan fingerprint density at radius 2 is 1.68 bits per heavy atom. The topological polar surface area (TPSA) is 84.3 Å². The van der Waals surface area contributed by atoms with Gasteiger partial charge in [0.15, 0.2) is 5.78 Å². The summed E-state index contributed by atoms with van der Waals surface area (Å²) in [6.07, 6.45) is 2.09. The Labute approximate surface area is 198 Å². The van der Waals surface area contributed by atoms with E-state index in [1.807, 2.05) is 30.3 Å². The normalized spacial score (nSPS) is 19.4. The first-order valence-corrected chi connectivity index (χ1v) is 11.7. The molecular formula is C28H27N3O3. The van der Waals surface area contributed by atoms with Gasteiger partial charge in [-0.25, -0.2) is 0 Å². The molecule has 1 heterocycles. The van der Waals surface area contributed by atoms with Crippen molar-refractivity contribution in [2.24, 2.45) is 0 Å². The van der Waals surface area contributed by atoms with Gasteiger partial charge >= 0.3 is 0 Å². The number of fused-ring (bicyclic) bond motifs is 1. The Kier molecular flexibility index (Phi) is 5.65. The number of Topliss-reactive ketones (excluding diaryl/α,β-unsaturated/α-hetero) is 1. The number of allylic oxidation sites excluding steroid dienone is 1. The van der Waals surface area contributed by atoms with Crippen molar-refractivity contribution in [3.05, 3.63) is 110 Å². The first-order valence-electron chi connectivity index (χ1n) is 11.7. The van der Waals surface area contributed by atoms with Gasteiger partial charge in [0.1, 0.15) is 0 Å². The monoisotopic (exact) mass is 453 g/mol. The number of carbonyl (C=O) groups is 1. The van der Waals surface area contributed by atoms with Crippen LogP contribution in [-0.2, 0) is 11.2 Å². The van der Waals surface area contributed by atoms with Crippen molar-refractivity contribution in [1.29, 1.82) is 0 Å². The van der Waals surface area contributed by atoms with Crippen LogP contribution in [0.5, 0.6) is 0 Å². The van der Waals surface area contributed by atoms with Crippen molar-refractivity contribution in [1.82, 2.24) is 0 Å². The third-order valence-corrected chi connectivity index (χ3v) is 6.93. The lowest BCUT2D eigenvalue weighted by Crippen LogP contribution is -2.27. The summed E-state index contributed by atoms with van der Waals surface area (Å²) < 4.78 is 0. The Morgan fingerprint density at radius 3 is 2.38 bits per heavy atom. The minimum atomic E-state index is -0.471. The lowest BCUT2D eigenvalue weighted by Gasteiger charge is -2.30. The summed E-state index contributed by atoms with van der Waals surface area (Å²) in [6.45, 7) is 3.86. The van der Waals surface area contributed by atoms with Gasteiger partial charge < -0.3 is 10.6 Å². The maximum atomic E-state index is 13.6. The van der Waals surface area contributed by atoms with Crippen LogP contribution in [0.25, 0.3) is 0 Å². The van der Waals surface area contributed by atoms with Crippen molar-refractivity contribution in [2.45, 2.75) is 45.1 Å². The van der Waals surface area contributed by atoms with Crippen LogP contribution in [-0.4, -0.2) is 10.7 Å². The molecule has 2 N–H and O–H groups in total. The number of anilines is 2. The molecule has 2 atom stereocenters. The molecule has 0 saturated carbocycles. The van der Waals surface area contributed by atoms with E-state index in [9.17, 15) is 14.9 Å². The number of nitrogens with zero attached hydrogens (tertiary/aromatic N) is 1. The SMILES string of the molecule is CCc1ccc(C2CC(=O)C3=C(C2)Nc2ccccc2NC3c2ccc(C)c([N+](=O)[O-])c2)cc1. The zero-order valence-electron chi connectivity index (χ0n) is 19.3. The number of hydrogen-bond acceptors (Lipinski definition) is 5. The summed E-state index contributed by atoms with van der Waals surface area (Å²) in [5.41, 5.74) is 7.11. The van der Waals surface area contributed by atoms with Crippen molar-refractivity contribution >= 4 is 22.8 Å². The Morgan fingerprint density at radius 1 is 0.971 bits per heavy atom. The van der Waals surface area contributed by atoms with Gasteiger partial charge in [-0.15, -0.1) is 0 Å². The number of rotatable bonds is 4. The number of nitrogens with one attached hydrogen (secondary N) is 2. The summed E-state index contributed by atoms with van der Waals surface area (Å²) in [5, 5.41) is 18.6. The van der Waals surface area contributed by atoms with Gasteiger partial charge in [0.25, 0.3) is 5.69 Å². The molecular weight excluding hydrogens is 426 g/mol. The van der Waals surface area contributed by atoms with E-state index in [1.54, 1.807) is 19.1 Å². The molecule has 0 bridgehead atoms. The standard InChI is InChI=1S/C28H27N3O3/c1-3-18-9-12-19(13-10-18)21-14-24-27(26(32)16-21)28(30-23-7-5-4-6-22(23)29-24)20-11-8-17(2)25(15-20)31(33)34/h4-13,15,21,28-30H,3,14,16H2,1-2H3. The number of benzene rings is 3. The van der Waals surface area contributed by atoms with Crippen LogP contribution in [0.2, 0.25) is 0 Å². The molecule has 0 spiro atoms. The summed E-state index contributed by atoms with van der Waals surface area (Å²) in [6, 6.07) is 21.1. The van der Waals surface area contributed by atoms with E-state index in [1.165, 1.54) is 5.56 Å². The minimum absolute atomic E-state index is 0.0593. The molecule has 172 valence electrons. The maximum Gasteiger partial charge on any atom is 0.272 e. The highest BCUT2D eigenvalue weighted by Crippen LogP contribution is 2.44. The zero-order valence-corrected chi connectivity index (χ0v) is 19.3. The fraction of sp³-hybridized carbons (Fsp3) is 0.250. The highest BCUT2D eigenvalue weighted by atomic mass is 16.6. The summed E-state index contributed by atoms with van der Waals surface area (Å²) in [7, 11) is 0. The van der Waals surface area contributed by atoms with Crippen molar-refractivity contribution < 1.29 is 9.72 Å². The van der Waals surface area contributed by atoms with Gasteiger partial charge in [0, 0.05) is 29.3 Å². The van der Waals surface area contributed by atoms with Crippen molar-refractivity contribution in [3.63, 3.8) is 0 Å². The number of nitro benzene ring substituents is 1. The Bertz CT molecular complexity index is 1310. The second-order valence-corrected chi connectivity index (χ2v) is 9.07. The third-order valence-electron chi connectivity index (χ3n) is 6.93. The van der Waals surface area contributed by atoms with E-state index >= 15 is 0 Å². The first-order chi connectivity index (χ1) is 16.4. The van der Waals surface area contributed by atoms with E-state index in [-0.39, 0.29) is 22.3 Å². The molecule has 0 amide bonds. The fourth-order valence-electron chi connectivity index (χ4n) is 5.01. The van der Waals surface area contributed by atoms with Crippen molar-refractivity contribution in [3.8, 4) is 0 Å². The van der Waals surface area contributed by atoms with Crippen LogP contribution in [0.4, 0.5) is 17.1 Å². The van der Waals surface area contributed by atoms with Crippen LogP contribution in [0, 0.1) is 17.0 Å². The number of ketones is 1. The zero-order chi connectivity index (χ0) is 23.8. The lowest BCUT2D eigenvalue weighted by molar-refractivity contribution is -0.385. The average Bonchev–Trinajstić information content (AvgIpc) is 3.01. The Hall–Kier alpha value is -3.93. The van der Waals surface area contributed by atoms with Gasteiger partial charge in [0.05, 0.1) is 22.3 Å². The largest absolute Gasteiger partial charge is 0.372 e. The van der Waals surface area contributed by atoms with Gasteiger partial charge in [-0.05, 0) is 54.5 Å². The highest BCUT2D eigenvalue weighted by Gasteiger charge is 2.36. The predicted octanol–water partition coefficient (Wildman–Crippen LogP) is 6.45. The molecule has 5 rings (SSSR count). The molecule has 6 nitrogen and oxygen atoms in total. The second kappa shape index (κ2) is 8.78. The van der Waals surface area contributed by atoms with Gasteiger partial charge in [-0.2, -0.15) is 0 Å². The van der Waals surface area contributed by atoms with E-state index < -0.39 is 6.04 Å². The minimum Gasteiger partial charge on any atom is -0.372 e. The van der Waals surface area contributed by atoms with E-state index in [0.29, 0.717) is 29.5 Å². The molecule has 0 radical (unpaired) electrons. The third kappa shape index (κ3) is 3.96. The quantitative estimate of drug-likeness (QED) is 0.350. The molecule has 3 aromatic rings. The van der Waals surface area contributed by atoms with E-state index in [2.05, 4.69) is 41.8 Å². The van der Waals surface area contributed by atoms with Crippen LogP contribution in [0.3, 0.4) is 0 Å². The Balaban J connectivity index is 1.60. The van der Waals surface area contributed by atoms with Crippen LogP contribution in [0.15, 0.2) is 78.0 Å². The number of aryl methyl sites for hydroxylation is 2. The summed E-state index contributed by atoms with van der Waals surface area (Å²) in [5.74, 6) is 0.148. The molecule has 0 saturated heterocycles. The number of hydrogen-bond donors (Lipinski definition) is 2. The van der Waals surface area contributed by atoms with Gasteiger partial charge in [0.2, 0.25) is 0 Å². The molecule has 34 heavy (non-hydrogen) atoms. The van der Waals surface area contributed by atoms with Crippen LogP contribution in [0.1, 0.15) is 54.0 Å². The predicted molar refractivity (Wildman–Crippen MR) is 134 cm³/mol. The lowest BCUT2D eigenvalue weighted by atomic mass is 9.78. The second-order valence-electron chi connectivity index (χ2n) is 9.07. The van der Waals surface area contributed by atoms with E-state index in [0.717, 1.165) is 29.1 Å². The first kappa shape index (κ1) is 21.9. The smallest absolute Gasteiger partial charge is 0.272 e. The molecule has 0 fully saturated rings. The molecule has 3 aromatic carbocycles. The van der Waals surface area contributed by atoms with Crippen molar-refractivity contribution in [2.75, 3.05) is 10.6 Å². The molecule has 0 aromatic heterocycles. The van der Waals surface area contributed by atoms with Crippen LogP contribution >= 0.6 is 0 Å². The van der Waals surface area contributed by atoms with E-state index in [4.69, 9.17) is 0 Å². The summed E-state index contributed by atoms with van der Waals surface area (Å²) >= 11 is 0.